The molecule has 1 fully saturated rings. The van der Waals surface area contributed by atoms with Crippen molar-refractivity contribution in [3.63, 3.8) is 0 Å². The first-order valence-electron chi connectivity index (χ1n) is 5.70. The lowest BCUT2D eigenvalue weighted by atomic mass is 10.2. The van der Waals surface area contributed by atoms with Crippen LogP contribution in [0.25, 0.3) is 0 Å². The van der Waals surface area contributed by atoms with E-state index < -0.39 is 0 Å². The Morgan fingerprint density at radius 3 is 3.07 bits per heavy atom. The highest BCUT2D eigenvalue weighted by Gasteiger charge is 2.20. The summed E-state index contributed by atoms with van der Waals surface area (Å²) in [5.74, 6) is 0. The van der Waals surface area contributed by atoms with Gasteiger partial charge < -0.3 is 11.1 Å². The van der Waals surface area contributed by atoms with Crippen molar-refractivity contribution in [2.24, 2.45) is 12.8 Å². The number of hydrogen-bond donors (Lipinski definition) is 2. The molecule has 1 heterocycles. The third kappa shape index (κ3) is 3.04. The number of aromatic nitrogens is 2. The highest BCUT2D eigenvalue weighted by Crippen LogP contribution is 2.16. The molecule has 0 radical (unpaired) electrons. The largest absolute Gasteiger partial charge is 0.328 e. The molecule has 0 spiro atoms. The molecule has 15 heavy (non-hydrogen) atoms. The summed E-state index contributed by atoms with van der Waals surface area (Å²) in [5, 5.41) is 7.70. The van der Waals surface area contributed by atoms with E-state index in [4.69, 9.17) is 5.73 Å². The van der Waals surface area contributed by atoms with Crippen molar-refractivity contribution in [2.45, 2.75) is 37.8 Å². The molecule has 0 amide bonds. The highest BCUT2D eigenvalue weighted by molar-refractivity contribution is 5.04. The van der Waals surface area contributed by atoms with Crippen LogP contribution in [0, 0.1) is 0 Å². The minimum absolute atomic E-state index is 0.417. The lowest BCUT2D eigenvalue weighted by Crippen LogP contribution is -2.30. The van der Waals surface area contributed by atoms with Crippen LogP contribution in [-0.2, 0) is 13.5 Å². The van der Waals surface area contributed by atoms with Crippen molar-refractivity contribution in [3.05, 3.63) is 18.0 Å². The van der Waals surface area contributed by atoms with Crippen LogP contribution in [0.4, 0.5) is 0 Å². The van der Waals surface area contributed by atoms with E-state index in [0.29, 0.717) is 12.1 Å². The van der Waals surface area contributed by atoms with E-state index in [2.05, 4.69) is 16.6 Å². The summed E-state index contributed by atoms with van der Waals surface area (Å²) in [6.45, 7) is 1.03. The van der Waals surface area contributed by atoms with E-state index >= 15 is 0 Å². The summed E-state index contributed by atoms with van der Waals surface area (Å²) in [6.07, 6.45) is 8.59. The lowest BCUT2D eigenvalue weighted by Gasteiger charge is -2.11. The molecule has 1 aromatic heterocycles. The third-order valence-corrected chi connectivity index (χ3v) is 3.08. The minimum Gasteiger partial charge on any atom is -0.328 e. The predicted molar refractivity (Wildman–Crippen MR) is 60.5 cm³/mol. The zero-order valence-corrected chi connectivity index (χ0v) is 9.32. The van der Waals surface area contributed by atoms with Crippen LogP contribution in [0.15, 0.2) is 12.4 Å². The summed E-state index contributed by atoms with van der Waals surface area (Å²) in [6, 6.07) is 1.05. The molecule has 4 nitrogen and oxygen atoms in total. The molecule has 1 aromatic rings. The summed E-state index contributed by atoms with van der Waals surface area (Å²) < 4.78 is 1.85. The maximum absolute atomic E-state index is 5.86. The fourth-order valence-corrected chi connectivity index (χ4v) is 2.22. The van der Waals surface area contributed by atoms with E-state index in [0.717, 1.165) is 19.4 Å². The van der Waals surface area contributed by atoms with E-state index in [1.54, 1.807) is 0 Å². The quantitative estimate of drug-likeness (QED) is 0.754. The first kappa shape index (κ1) is 10.6. The van der Waals surface area contributed by atoms with Gasteiger partial charge in [-0.1, -0.05) is 0 Å². The fourth-order valence-electron chi connectivity index (χ4n) is 2.22. The number of nitrogens with one attached hydrogen (secondary N) is 1. The monoisotopic (exact) mass is 208 g/mol. The Morgan fingerprint density at radius 2 is 2.47 bits per heavy atom. The lowest BCUT2D eigenvalue weighted by molar-refractivity contribution is 0.520. The Bertz CT molecular complexity index is 307. The number of hydrogen-bond acceptors (Lipinski definition) is 3. The van der Waals surface area contributed by atoms with Crippen LogP contribution in [0.3, 0.4) is 0 Å². The van der Waals surface area contributed by atoms with Crippen molar-refractivity contribution >= 4 is 0 Å². The van der Waals surface area contributed by atoms with Crippen molar-refractivity contribution in [3.8, 4) is 0 Å². The molecule has 2 unspecified atom stereocenters. The van der Waals surface area contributed by atoms with Crippen LogP contribution in [-0.4, -0.2) is 28.4 Å². The Hall–Kier alpha value is -0.870. The summed E-state index contributed by atoms with van der Waals surface area (Å²) in [7, 11) is 1.95. The van der Waals surface area contributed by atoms with Crippen molar-refractivity contribution < 1.29 is 0 Å². The smallest absolute Gasteiger partial charge is 0.0522 e. The molecule has 3 N–H and O–H groups in total. The normalized spacial score (nSPS) is 26.0. The molecule has 2 atom stereocenters. The average Bonchev–Trinajstić information content (AvgIpc) is 2.76. The van der Waals surface area contributed by atoms with E-state index in [1.165, 1.54) is 18.4 Å². The number of nitrogens with two attached hydrogens (primary N) is 1. The summed E-state index contributed by atoms with van der Waals surface area (Å²) in [5.41, 5.74) is 7.16. The van der Waals surface area contributed by atoms with Gasteiger partial charge in [-0.05, 0) is 37.8 Å². The number of aryl methyl sites for hydroxylation is 1. The second-order valence-corrected chi connectivity index (χ2v) is 4.50. The van der Waals surface area contributed by atoms with Gasteiger partial charge in [-0.3, -0.25) is 4.68 Å². The Morgan fingerprint density at radius 1 is 1.60 bits per heavy atom. The maximum atomic E-state index is 5.86. The first-order chi connectivity index (χ1) is 7.24. The van der Waals surface area contributed by atoms with E-state index in [1.807, 2.05) is 17.9 Å². The van der Waals surface area contributed by atoms with Gasteiger partial charge in [0.25, 0.3) is 0 Å². The standard InChI is InChI=1S/C11H20N4/c1-15-8-9(7-14-15)4-5-13-11-3-2-10(12)6-11/h7-8,10-11,13H,2-6,12H2,1H3. The van der Waals surface area contributed by atoms with Gasteiger partial charge in [0, 0.05) is 25.3 Å². The Labute approximate surface area is 90.8 Å². The molecule has 0 bridgehead atoms. The third-order valence-electron chi connectivity index (χ3n) is 3.08. The molecule has 1 saturated carbocycles. The van der Waals surface area contributed by atoms with Crippen LogP contribution < -0.4 is 11.1 Å². The molecular weight excluding hydrogens is 188 g/mol. The zero-order chi connectivity index (χ0) is 10.7. The number of rotatable bonds is 4. The van der Waals surface area contributed by atoms with Gasteiger partial charge in [-0.25, -0.2) is 0 Å². The van der Waals surface area contributed by atoms with Gasteiger partial charge in [0.1, 0.15) is 0 Å². The maximum Gasteiger partial charge on any atom is 0.0522 e. The van der Waals surface area contributed by atoms with Gasteiger partial charge in [-0.15, -0.1) is 0 Å². The minimum atomic E-state index is 0.417. The van der Waals surface area contributed by atoms with Gasteiger partial charge >= 0.3 is 0 Å². The second-order valence-electron chi connectivity index (χ2n) is 4.50. The predicted octanol–water partition coefficient (Wildman–Crippen LogP) is 0.432. The van der Waals surface area contributed by atoms with E-state index in [9.17, 15) is 0 Å². The molecule has 0 aromatic carbocycles. The molecule has 0 saturated heterocycles. The average molecular weight is 208 g/mol. The zero-order valence-electron chi connectivity index (χ0n) is 9.32. The molecule has 84 valence electrons. The molecule has 2 rings (SSSR count). The second kappa shape index (κ2) is 4.77. The van der Waals surface area contributed by atoms with Crippen LogP contribution in [0.5, 0.6) is 0 Å². The SMILES string of the molecule is Cn1cc(CCNC2CCC(N)C2)cn1. The molecule has 1 aliphatic rings. The molecule has 1 aliphatic carbocycles. The fraction of sp³-hybridized carbons (Fsp3) is 0.727. The Balaban J connectivity index is 1.67. The topological polar surface area (TPSA) is 55.9 Å². The first-order valence-corrected chi connectivity index (χ1v) is 5.70. The summed E-state index contributed by atoms with van der Waals surface area (Å²) in [4.78, 5) is 0. The van der Waals surface area contributed by atoms with Crippen molar-refractivity contribution in [1.29, 1.82) is 0 Å². The highest BCUT2D eigenvalue weighted by atomic mass is 15.2. The molecular formula is C11H20N4. The molecule has 0 aliphatic heterocycles. The molecule has 4 heteroatoms. The van der Waals surface area contributed by atoms with Gasteiger partial charge in [0.2, 0.25) is 0 Å². The van der Waals surface area contributed by atoms with Crippen LogP contribution in [0.2, 0.25) is 0 Å². The van der Waals surface area contributed by atoms with Crippen molar-refractivity contribution in [1.82, 2.24) is 15.1 Å². The van der Waals surface area contributed by atoms with Gasteiger partial charge in [0.15, 0.2) is 0 Å². The Kier molecular flexibility index (Phi) is 3.38. The van der Waals surface area contributed by atoms with Crippen LogP contribution >= 0.6 is 0 Å². The van der Waals surface area contributed by atoms with Crippen LogP contribution in [0.1, 0.15) is 24.8 Å². The van der Waals surface area contributed by atoms with Gasteiger partial charge in [0.05, 0.1) is 6.20 Å². The van der Waals surface area contributed by atoms with Gasteiger partial charge in [-0.2, -0.15) is 5.10 Å². The van der Waals surface area contributed by atoms with Crippen molar-refractivity contribution in [2.75, 3.05) is 6.54 Å². The summed E-state index contributed by atoms with van der Waals surface area (Å²) >= 11 is 0. The van der Waals surface area contributed by atoms with E-state index in [-0.39, 0.29) is 0 Å². The number of nitrogens with zero attached hydrogens (tertiary/aromatic N) is 2.